The van der Waals surface area contributed by atoms with E-state index in [0.717, 1.165) is 32.7 Å². The van der Waals surface area contributed by atoms with Gasteiger partial charge in [0.25, 0.3) is 10.0 Å². The number of methoxy groups -OCH3 is 3. The van der Waals surface area contributed by atoms with E-state index in [1.807, 2.05) is 6.07 Å². The lowest BCUT2D eigenvalue weighted by Crippen LogP contribution is -2.31. The number of sulfonamides is 1. The lowest BCUT2D eigenvalue weighted by molar-refractivity contribution is 0.391. The molecule has 194 valence electrons. The van der Waals surface area contributed by atoms with Gasteiger partial charge in [-0.3, -0.25) is 0 Å². The van der Waals surface area contributed by atoms with Crippen LogP contribution in [0.4, 0.5) is 9.52 Å². The SMILES string of the molecule is COc1cccc(Sc2cc(F)c(S(=O)(=O)N(Cc3ccc(OC)cc3OC)c3nncs3)cc2Cl)c1. The summed E-state index contributed by atoms with van der Waals surface area (Å²) in [6.45, 7) is -0.192. The lowest BCUT2D eigenvalue weighted by Gasteiger charge is -2.23. The molecule has 4 aromatic rings. The van der Waals surface area contributed by atoms with Crippen LogP contribution in [-0.2, 0) is 16.6 Å². The van der Waals surface area contributed by atoms with Crippen LogP contribution in [0.2, 0.25) is 5.02 Å². The maximum atomic E-state index is 15.4. The van der Waals surface area contributed by atoms with Crippen molar-refractivity contribution < 1.29 is 27.0 Å². The second-order valence-electron chi connectivity index (χ2n) is 7.40. The van der Waals surface area contributed by atoms with Crippen molar-refractivity contribution in [1.29, 1.82) is 0 Å². The molecule has 0 unspecified atom stereocenters. The van der Waals surface area contributed by atoms with Crippen LogP contribution >= 0.6 is 34.7 Å². The first-order valence-electron chi connectivity index (χ1n) is 10.6. The molecule has 4 rings (SSSR count). The summed E-state index contributed by atoms with van der Waals surface area (Å²) in [5.74, 6) is 0.605. The number of nitrogens with zero attached hydrogens (tertiary/aromatic N) is 3. The minimum atomic E-state index is -4.45. The summed E-state index contributed by atoms with van der Waals surface area (Å²) in [6.07, 6.45) is 0. The van der Waals surface area contributed by atoms with Gasteiger partial charge in [-0.15, -0.1) is 10.2 Å². The average Bonchev–Trinajstić information content (AvgIpc) is 3.43. The third-order valence-corrected chi connectivity index (χ3v) is 9.24. The van der Waals surface area contributed by atoms with Crippen LogP contribution in [0.25, 0.3) is 0 Å². The molecule has 0 bridgehead atoms. The predicted octanol–water partition coefficient (Wildman–Crippen LogP) is 5.90. The zero-order valence-corrected chi connectivity index (χ0v) is 23.0. The van der Waals surface area contributed by atoms with E-state index in [1.54, 1.807) is 43.5 Å². The Morgan fingerprint density at radius 2 is 1.78 bits per heavy atom. The Morgan fingerprint density at radius 1 is 1.03 bits per heavy atom. The van der Waals surface area contributed by atoms with Gasteiger partial charge in [0.1, 0.15) is 33.5 Å². The molecule has 0 aliphatic heterocycles. The average molecular weight is 582 g/mol. The number of benzene rings is 3. The van der Waals surface area contributed by atoms with Crippen molar-refractivity contribution in [3.05, 3.63) is 76.5 Å². The van der Waals surface area contributed by atoms with Gasteiger partial charge in [0.15, 0.2) is 0 Å². The maximum absolute atomic E-state index is 15.4. The highest BCUT2D eigenvalue weighted by Gasteiger charge is 2.32. The van der Waals surface area contributed by atoms with Gasteiger partial charge in [0, 0.05) is 21.4 Å². The van der Waals surface area contributed by atoms with Gasteiger partial charge in [-0.2, -0.15) is 0 Å². The molecule has 3 aromatic carbocycles. The van der Waals surface area contributed by atoms with Crippen molar-refractivity contribution in [2.45, 2.75) is 21.2 Å². The van der Waals surface area contributed by atoms with Crippen LogP contribution in [0.5, 0.6) is 17.2 Å². The van der Waals surface area contributed by atoms with E-state index in [0.29, 0.717) is 27.7 Å². The molecule has 37 heavy (non-hydrogen) atoms. The Labute approximate surface area is 227 Å². The second kappa shape index (κ2) is 11.5. The number of aromatic nitrogens is 2. The van der Waals surface area contributed by atoms with Crippen LogP contribution in [0, 0.1) is 5.82 Å². The Morgan fingerprint density at radius 3 is 2.46 bits per heavy atom. The molecule has 0 fully saturated rings. The molecular formula is C24H21ClFN3O5S3. The molecule has 0 amide bonds. The Kier molecular flexibility index (Phi) is 8.42. The van der Waals surface area contributed by atoms with Crippen LogP contribution in [0.3, 0.4) is 0 Å². The first kappa shape index (κ1) is 27.0. The summed E-state index contributed by atoms with van der Waals surface area (Å²) in [4.78, 5) is 0.513. The molecule has 0 saturated carbocycles. The molecule has 0 radical (unpaired) electrons. The molecule has 0 aliphatic carbocycles. The van der Waals surface area contributed by atoms with Crippen LogP contribution in [-0.4, -0.2) is 39.9 Å². The Bertz CT molecular complexity index is 1500. The highest BCUT2D eigenvalue weighted by molar-refractivity contribution is 7.99. The Balaban J connectivity index is 1.72. The van der Waals surface area contributed by atoms with Gasteiger partial charge in [-0.1, -0.05) is 40.8 Å². The van der Waals surface area contributed by atoms with Gasteiger partial charge in [0.05, 0.1) is 32.9 Å². The molecule has 0 saturated heterocycles. The van der Waals surface area contributed by atoms with Crippen molar-refractivity contribution in [1.82, 2.24) is 10.2 Å². The zero-order valence-electron chi connectivity index (χ0n) is 19.8. The summed E-state index contributed by atoms with van der Waals surface area (Å²) in [6, 6.07) is 14.3. The largest absolute Gasteiger partial charge is 0.497 e. The molecule has 1 aromatic heterocycles. The summed E-state index contributed by atoms with van der Waals surface area (Å²) in [7, 11) is 0.0601. The standard InChI is InChI=1S/C24H21ClFN3O5S3/c1-32-16-5-4-6-18(9-16)36-22-12-20(26)23(11-19(22)25)37(30,31)29(24-28-27-14-35-24)13-15-7-8-17(33-2)10-21(15)34-3/h4-12,14H,13H2,1-3H3. The first-order valence-corrected chi connectivity index (χ1v) is 14.1. The van der Waals surface area contributed by atoms with Gasteiger partial charge in [0.2, 0.25) is 5.13 Å². The van der Waals surface area contributed by atoms with E-state index in [4.69, 9.17) is 25.8 Å². The topological polar surface area (TPSA) is 90.9 Å². The van der Waals surface area contributed by atoms with E-state index in [-0.39, 0.29) is 16.7 Å². The zero-order chi connectivity index (χ0) is 26.6. The molecule has 0 N–H and O–H groups in total. The van der Waals surface area contributed by atoms with Crippen molar-refractivity contribution in [2.75, 3.05) is 25.6 Å². The van der Waals surface area contributed by atoms with E-state index in [9.17, 15) is 8.42 Å². The summed E-state index contributed by atoms with van der Waals surface area (Å²) in [5, 5.41) is 7.80. The molecule has 0 aliphatic rings. The van der Waals surface area contributed by atoms with Crippen LogP contribution < -0.4 is 18.5 Å². The van der Waals surface area contributed by atoms with Crippen molar-refractivity contribution in [3.63, 3.8) is 0 Å². The first-order chi connectivity index (χ1) is 17.8. The van der Waals surface area contributed by atoms with Gasteiger partial charge in [-0.25, -0.2) is 17.1 Å². The van der Waals surface area contributed by atoms with Gasteiger partial charge < -0.3 is 14.2 Å². The van der Waals surface area contributed by atoms with Gasteiger partial charge in [-0.05, 0) is 42.5 Å². The minimum Gasteiger partial charge on any atom is -0.497 e. The van der Waals surface area contributed by atoms with Gasteiger partial charge >= 0.3 is 0 Å². The highest BCUT2D eigenvalue weighted by atomic mass is 35.5. The molecule has 1 heterocycles. The number of ether oxygens (including phenoxy) is 3. The quantitative estimate of drug-likeness (QED) is 0.228. The minimum absolute atomic E-state index is 0.0585. The molecular weight excluding hydrogens is 561 g/mol. The number of rotatable bonds is 10. The summed E-state index contributed by atoms with van der Waals surface area (Å²) in [5.41, 5.74) is 1.90. The normalized spacial score (nSPS) is 11.3. The fourth-order valence-electron chi connectivity index (χ4n) is 3.37. The molecule has 0 spiro atoms. The van der Waals surface area contributed by atoms with E-state index >= 15 is 4.39 Å². The monoisotopic (exact) mass is 581 g/mol. The fraction of sp³-hybridized carbons (Fsp3) is 0.167. The molecule has 8 nitrogen and oxygen atoms in total. The maximum Gasteiger partial charge on any atom is 0.269 e. The van der Waals surface area contributed by atoms with Crippen LogP contribution in [0.15, 0.2) is 74.8 Å². The second-order valence-corrected chi connectivity index (χ2v) is 11.6. The number of anilines is 1. The lowest BCUT2D eigenvalue weighted by atomic mass is 10.2. The van der Waals surface area contributed by atoms with Crippen LogP contribution in [0.1, 0.15) is 5.56 Å². The Hall–Kier alpha value is -3.06. The van der Waals surface area contributed by atoms with E-state index in [2.05, 4.69) is 10.2 Å². The van der Waals surface area contributed by atoms with Crippen molar-refractivity contribution >= 4 is 49.9 Å². The smallest absolute Gasteiger partial charge is 0.269 e. The number of hydrogen-bond donors (Lipinski definition) is 0. The molecule has 0 atom stereocenters. The number of hydrogen-bond acceptors (Lipinski definition) is 9. The van der Waals surface area contributed by atoms with Crippen molar-refractivity contribution in [3.8, 4) is 17.2 Å². The third-order valence-electron chi connectivity index (χ3n) is 5.19. The summed E-state index contributed by atoms with van der Waals surface area (Å²) < 4.78 is 59.7. The summed E-state index contributed by atoms with van der Waals surface area (Å²) >= 11 is 8.63. The third kappa shape index (κ3) is 5.93. The number of halogens is 2. The van der Waals surface area contributed by atoms with E-state index in [1.165, 1.54) is 31.5 Å². The molecule has 13 heteroatoms. The fourth-order valence-corrected chi connectivity index (χ4v) is 6.85. The predicted molar refractivity (Wildman–Crippen MR) is 141 cm³/mol. The highest BCUT2D eigenvalue weighted by Crippen LogP contribution is 2.39. The van der Waals surface area contributed by atoms with Crippen molar-refractivity contribution in [2.24, 2.45) is 0 Å². The van der Waals surface area contributed by atoms with E-state index < -0.39 is 20.7 Å².